The highest BCUT2D eigenvalue weighted by Crippen LogP contribution is 1.69. The second-order valence-corrected chi connectivity index (χ2v) is 0.858. The lowest BCUT2D eigenvalue weighted by Crippen LogP contribution is -2.07. The minimum absolute atomic E-state index is 0.0463. The van der Waals surface area contributed by atoms with E-state index in [0.717, 1.165) is 0 Å². The molecule has 0 aliphatic rings. The second kappa shape index (κ2) is 2.45. The van der Waals surface area contributed by atoms with E-state index in [1.165, 1.54) is 12.5 Å². The molecule has 0 aliphatic carbocycles. The van der Waals surface area contributed by atoms with Gasteiger partial charge in [-0.2, -0.15) is 0 Å². The first-order chi connectivity index (χ1) is 2.77. The molecule has 0 saturated heterocycles. The van der Waals surface area contributed by atoms with Crippen LogP contribution in [0, 0.1) is 11.8 Å². The van der Waals surface area contributed by atoms with Crippen molar-refractivity contribution in [3.05, 3.63) is 19.1 Å². The number of nitrogens with one attached hydrogen (secondary N) is 1. The molecule has 6 heavy (non-hydrogen) atoms. The molecule has 2 heteroatoms. The van der Waals surface area contributed by atoms with Crippen molar-refractivity contribution in [3.8, 4) is 0 Å². The summed E-state index contributed by atoms with van der Waals surface area (Å²) < 4.78 is 0. The topological polar surface area (TPSA) is 49.9 Å². The Morgan fingerprint density at radius 3 is 2.33 bits per heavy atom. The molecule has 0 aromatic heterocycles. The third-order valence-electron chi connectivity index (χ3n) is 0.297. The molecule has 0 amide bonds. The van der Waals surface area contributed by atoms with E-state index in [1.807, 2.05) is 0 Å². The Morgan fingerprint density at radius 2 is 2.33 bits per heavy atom. The third-order valence-corrected chi connectivity index (χ3v) is 0.297. The number of nitrogens with two attached hydrogens (primary N) is 1. The van der Waals surface area contributed by atoms with Crippen molar-refractivity contribution in [3.63, 3.8) is 0 Å². The van der Waals surface area contributed by atoms with Crippen molar-refractivity contribution in [2.75, 3.05) is 0 Å². The molecular formula is C4H7N2. The summed E-state index contributed by atoms with van der Waals surface area (Å²) in [6, 6.07) is 0. The van der Waals surface area contributed by atoms with Crippen LogP contribution in [0.15, 0.2) is 12.7 Å². The van der Waals surface area contributed by atoms with Crippen LogP contribution in [0.1, 0.15) is 0 Å². The molecule has 0 aromatic carbocycles. The van der Waals surface area contributed by atoms with Crippen LogP contribution in [-0.2, 0) is 0 Å². The average Bonchev–Trinajstić information content (AvgIpc) is 1.35. The van der Waals surface area contributed by atoms with E-state index in [9.17, 15) is 0 Å². The van der Waals surface area contributed by atoms with Gasteiger partial charge in [0, 0.05) is 6.42 Å². The molecule has 0 aromatic rings. The zero-order chi connectivity index (χ0) is 4.99. The molecular weight excluding hydrogens is 76.1 g/mol. The van der Waals surface area contributed by atoms with Gasteiger partial charge < -0.3 is 5.73 Å². The summed E-state index contributed by atoms with van der Waals surface area (Å²) in [5, 5.41) is 6.55. The Labute approximate surface area is 37.2 Å². The van der Waals surface area contributed by atoms with Crippen LogP contribution in [0.4, 0.5) is 0 Å². The highest BCUT2D eigenvalue weighted by molar-refractivity contribution is 5.87. The molecule has 0 rings (SSSR count). The predicted molar refractivity (Wildman–Crippen MR) is 26.4 cm³/mol. The van der Waals surface area contributed by atoms with Gasteiger partial charge in [-0.3, -0.25) is 5.41 Å². The van der Waals surface area contributed by atoms with E-state index in [1.54, 1.807) is 0 Å². The van der Waals surface area contributed by atoms with Crippen LogP contribution in [0.5, 0.6) is 0 Å². The van der Waals surface area contributed by atoms with Gasteiger partial charge in [0.2, 0.25) is 0 Å². The molecule has 0 atom stereocenters. The Hall–Kier alpha value is -0.790. The average molecular weight is 83.1 g/mol. The maximum Gasteiger partial charge on any atom is 0.0986 e. The van der Waals surface area contributed by atoms with Gasteiger partial charge in [-0.05, 0) is 0 Å². The van der Waals surface area contributed by atoms with Crippen molar-refractivity contribution in [1.29, 1.82) is 5.41 Å². The Bertz CT molecular complexity index is 65.9. The zero-order valence-electron chi connectivity index (χ0n) is 3.44. The second-order valence-electron chi connectivity index (χ2n) is 0.858. The van der Waals surface area contributed by atoms with Gasteiger partial charge in [-0.1, -0.05) is 6.08 Å². The van der Waals surface area contributed by atoms with E-state index < -0.39 is 0 Å². The van der Waals surface area contributed by atoms with Crippen molar-refractivity contribution in [2.24, 2.45) is 5.73 Å². The molecule has 1 radical (unpaired) electrons. The van der Waals surface area contributed by atoms with E-state index in [0.29, 0.717) is 0 Å². The van der Waals surface area contributed by atoms with Gasteiger partial charge in [0.1, 0.15) is 0 Å². The molecule has 0 aliphatic heterocycles. The van der Waals surface area contributed by atoms with Crippen LogP contribution in [0.2, 0.25) is 0 Å². The van der Waals surface area contributed by atoms with Gasteiger partial charge >= 0.3 is 0 Å². The third kappa shape index (κ3) is 3.21. The molecule has 3 N–H and O–H groups in total. The summed E-state index contributed by atoms with van der Waals surface area (Å²) in [6.07, 6.45) is 2.89. The van der Waals surface area contributed by atoms with Crippen LogP contribution in [0.25, 0.3) is 0 Å². The highest BCUT2D eigenvalue weighted by Gasteiger charge is 1.75. The van der Waals surface area contributed by atoms with Gasteiger partial charge in [-0.25, -0.2) is 0 Å². The fourth-order valence-electron chi connectivity index (χ4n) is 0.127. The quantitative estimate of drug-likeness (QED) is 0.366. The van der Waals surface area contributed by atoms with E-state index in [2.05, 4.69) is 6.58 Å². The molecule has 0 unspecified atom stereocenters. The molecule has 0 spiro atoms. The summed E-state index contributed by atoms with van der Waals surface area (Å²) in [4.78, 5) is 0. The van der Waals surface area contributed by atoms with Crippen molar-refractivity contribution in [1.82, 2.24) is 0 Å². The van der Waals surface area contributed by atoms with Crippen LogP contribution >= 0.6 is 0 Å². The summed E-state index contributed by atoms with van der Waals surface area (Å²) in [7, 11) is 0. The summed E-state index contributed by atoms with van der Waals surface area (Å²) in [5.41, 5.74) is 4.86. The Kier molecular flexibility index (Phi) is 2.13. The molecule has 0 bridgehead atoms. The van der Waals surface area contributed by atoms with Gasteiger partial charge in [0.05, 0.1) is 5.84 Å². The largest absolute Gasteiger partial charge is 0.387 e. The molecule has 33 valence electrons. The van der Waals surface area contributed by atoms with E-state index >= 15 is 0 Å². The zero-order valence-corrected chi connectivity index (χ0v) is 3.44. The van der Waals surface area contributed by atoms with Gasteiger partial charge in [-0.15, -0.1) is 6.58 Å². The van der Waals surface area contributed by atoms with Crippen LogP contribution < -0.4 is 5.73 Å². The lowest BCUT2D eigenvalue weighted by Gasteiger charge is -1.80. The minimum atomic E-state index is 0.0463. The predicted octanol–water partition coefficient (Wildman–Crippen LogP) is 0.313. The first-order valence-corrected chi connectivity index (χ1v) is 1.57. The Morgan fingerprint density at radius 1 is 1.83 bits per heavy atom. The summed E-state index contributed by atoms with van der Waals surface area (Å²) in [5.74, 6) is 0.0463. The molecule has 2 nitrogen and oxygen atoms in total. The monoisotopic (exact) mass is 83.1 g/mol. The van der Waals surface area contributed by atoms with Crippen LogP contribution in [-0.4, -0.2) is 5.84 Å². The molecule has 0 heterocycles. The van der Waals surface area contributed by atoms with E-state index in [-0.39, 0.29) is 5.84 Å². The fraction of sp³-hybridized carbons (Fsp3) is 0. The summed E-state index contributed by atoms with van der Waals surface area (Å²) in [6.45, 7) is 3.32. The van der Waals surface area contributed by atoms with Crippen molar-refractivity contribution < 1.29 is 0 Å². The number of rotatable bonds is 2. The maximum absolute atomic E-state index is 6.55. The van der Waals surface area contributed by atoms with Crippen molar-refractivity contribution in [2.45, 2.75) is 0 Å². The number of hydrogen-bond donors (Lipinski definition) is 2. The highest BCUT2D eigenvalue weighted by atomic mass is 14.7. The van der Waals surface area contributed by atoms with E-state index in [4.69, 9.17) is 11.1 Å². The standard InChI is InChI=1S/C4H7N2/c1-2-3-4(5)6/h2-3H,1H2,(H3,5,6). The lowest BCUT2D eigenvalue weighted by atomic mass is 10.4. The maximum atomic E-state index is 6.55. The first-order valence-electron chi connectivity index (χ1n) is 1.57. The van der Waals surface area contributed by atoms with Crippen molar-refractivity contribution >= 4 is 5.84 Å². The SMILES string of the molecule is C=C[CH]C(=N)N. The minimum Gasteiger partial charge on any atom is -0.387 e. The normalized spacial score (nSPS) is 7.33. The first kappa shape index (κ1) is 5.21. The Balaban J connectivity index is 3.05. The molecule has 0 saturated carbocycles. The van der Waals surface area contributed by atoms with Crippen LogP contribution in [0.3, 0.4) is 0 Å². The number of hydrogen-bond acceptors (Lipinski definition) is 1. The smallest absolute Gasteiger partial charge is 0.0986 e. The number of amidine groups is 1. The summed E-state index contributed by atoms with van der Waals surface area (Å²) >= 11 is 0. The molecule has 0 fully saturated rings. The van der Waals surface area contributed by atoms with Gasteiger partial charge in [0.25, 0.3) is 0 Å². The van der Waals surface area contributed by atoms with Gasteiger partial charge in [0.15, 0.2) is 0 Å². The fourth-order valence-corrected chi connectivity index (χ4v) is 0.127. The lowest BCUT2D eigenvalue weighted by molar-refractivity contribution is 1.44.